The van der Waals surface area contributed by atoms with Gasteiger partial charge in [-0.25, -0.2) is 0 Å². The van der Waals surface area contributed by atoms with Crippen LogP contribution in [-0.4, -0.2) is 29.6 Å². The number of rotatable bonds is 6. The molecule has 0 heterocycles. The molecule has 130 valence electrons. The first-order valence-corrected chi connectivity index (χ1v) is 8.43. The van der Waals surface area contributed by atoms with E-state index in [2.05, 4.69) is 5.32 Å². The van der Waals surface area contributed by atoms with Crippen LogP contribution in [0.2, 0.25) is 0 Å². The van der Waals surface area contributed by atoms with Gasteiger partial charge in [-0.05, 0) is 30.9 Å². The number of carboxylic acid groups (broad SMARTS) is 1. The fourth-order valence-electron chi connectivity index (χ4n) is 3.20. The average molecular weight is 339 g/mol. The molecule has 2 aromatic rings. The Bertz CT molecular complexity index is 744. The number of carbonyl (C=O) groups excluding carboxylic acids is 1. The third-order valence-electron chi connectivity index (χ3n) is 4.48. The first-order chi connectivity index (χ1) is 12.1. The van der Waals surface area contributed by atoms with E-state index in [0.717, 1.165) is 11.1 Å². The van der Waals surface area contributed by atoms with Crippen molar-refractivity contribution in [2.45, 2.75) is 25.3 Å². The summed E-state index contributed by atoms with van der Waals surface area (Å²) in [4.78, 5) is 23.1. The Hall–Kier alpha value is -2.82. The van der Waals surface area contributed by atoms with E-state index in [4.69, 9.17) is 9.84 Å². The third-order valence-corrected chi connectivity index (χ3v) is 4.48. The van der Waals surface area contributed by atoms with Crippen LogP contribution in [0.5, 0.6) is 5.75 Å². The van der Waals surface area contributed by atoms with Crippen molar-refractivity contribution in [1.29, 1.82) is 0 Å². The second-order valence-electron chi connectivity index (χ2n) is 6.26. The highest BCUT2D eigenvalue weighted by Crippen LogP contribution is 2.29. The Morgan fingerprint density at radius 3 is 2.48 bits per heavy atom. The minimum absolute atomic E-state index is 0.0819. The maximum atomic E-state index is 12.1. The fraction of sp³-hybridized carbons (Fsp3) is 0.300. The van der Waals surface area contributed by atoms with E-state index in [-0.39, 0.29) is 24.5 Å². The lowest BCUT2D eigenvalue weighted by Gasteiger charge is -2.14. The van der Waals surface area contributed by atoms with Gasteiger partial charge in [-0.1, -0.05) is 48.5 Å². The molecular weight excluding hydrogens is 318 g/mol. The largest absolute Gasteiger partial charge is 0.483 e. The molecule has 5 nitrogen and oxygen atoms in total. The molecular formula is C20H21NO4. The predicted octanol–water partition coefficient (Wildman–Crippen LogP) is 3.10. The fourth-order valence-corrected chi connectivity index (χ4v) is 3.20. The highest BCUT2D eigenvalue weighted by atomic mass is 16.5. The van der Waals surface area contributed by atoms with E-state index in [1.165, 1.54) is 0 Å². The molecule has 2 aromatic carbocycles. The van der Waals surface area contributed by atoms with Gasteiger partial charge in [0.25, 0.3) is 5.91 Å². The standard InChI is InChI=1S/C20H21NO4/c22-19(21-16-11-10-15(12-16)20(23)24)13-25-18-9-5-4-8-17(18)14-6-2-1-3-7-14/h1-9,15-16H,10-13H2,(H,21,22)(H,23,24)/t15-,16+/m0/s1. The zero-order valence-electron chi connectivity index (χ0n) is 13.9. The van der Waals surface area contributed by atoms with Crippen LogP contribution in [0.4, 0.5) is 0 Å². The van der Waals surface area contributed by atoms with E-state index >= 15 is 0 Å². The summed E-state index contributed by atoms with van der Waals surface area (Å²) in [5, 5.41) is 11.9. The second kappa shape index (κ2) is 7.83. The highest BCUT2D eigenvalue weighted by molar-refractivity contribution is 5.79. The van der Waals surface area contributed by atoms with Crippen molar-refractivity contribution < 1.29 is 19.4 Å². The number of carbonyl (C=O) groups is 2. The maximum Gasteiger partial charge on any atom is 0.306 e. The summed E-state index contributed by atoms with van der Waals surface area (Å²) in [7, 11) is 0. The van der Waals surface area contributed by atoms with Crippen LogP contribution in [0.25, 0.3) is 11.1 Å². The van der Waals surface area contributed by atoms with Crippen molar-refractivity contribution in [2.75, 3.05) is 6.61 Å². The molecule has 0 radical (unpaired) electrons. The lowest BCUT2D eigenvalue weighted by Crippen LogP contribution is -2.36. The number of nitrogens with one attached hydrogen (secondary N) is 1. The lowest BCUT2D eigenvalue weighted by atomic mass is 10.1. The van der Waals surface area contributed by atoms with E-state index in [9.17, 15) is 9.59 Å². The Morgan fingerprint density at radius 1 is 1.04 bits per heavy atom. The Labute approximate surface area is 146 Å². The van der Waals surface area contributed by atoms with Crippen LogP contribution < -0.4 is 10.1 Å². The topological polar surface area (TPSA) is 75.6 Å². The van der Waals surface area contributed by atoms with Gasteiger partial charge in [0.2, 0.25) is 0 Å². The van der Waals surface area contributed by atoms with E-state index in [1.54, 1.807) is 0 Å². The Balaban J connectivity index is 1.57. The lowest BCUT2D eigenvalue weighted by molar-refractivity contribution is -0.141. The van der Waals surface area contributed by atoms with Crippen LogP contribution in [0, 0.1) is 5.92 Å². The smallest absolute Gasteiger partial charge is 0.306 e. The summed E-state index contributed by atoms with van der Waals surface area (Å²) in [6.07, 6.45) is 1.79. The molecule has 3 rings (SSSR count). The van der Waals surface area contributed by atoms with Gasteiger partial charge >= 0.3 is 5.97 Å². The van der Waals surface area contributed by atoms with Crippen molar-refractivity contribution in [3.05, 3.63) is 54.6 Å². The predicted molar refractivity (Wildman–Crippen MR) is 94.3 cm³/mol. The molecule has 1 fully saturated rings. The highest BCUT2D eigenvalue weighted by Gasteiger charge is 2.30. The van der Waals surface area contributed by atoms with Crippen LogP contribution in [0.3, 0.4) is 0 Å². The quantitative estimate of drug-likeness (QED) is 0.848. The molecule has 1 aliphatic rings. The Kier molecular flexibility index (Phi) is 5.33. The van der Waals surface area contributed by atoms with Gasteiger partial charge in [0.05, 0.1) is 5.92 Å². The van der Waals surface area contributed by atoms with Gasteiger partial charge in [0.1, 0.15) is 5.75 Å². The van der Waals surface area contributed by atoms with Crippen LogP contribution in [0.1, 0.15) is 19.3 Å². The van der Waals surface area contributed by atoms with Crippen molar-refractivity contribution >= 4 is 11.9 Å². The number of para-hydroxylation sites is 1. The number of amides is 1. The molecule has 1 aliphatic carbocycles. The minimum atomic E-state index is -0.787. The van der Waals surface area contributed by atoms with Gasteiger partial charge < -0.3 is 15.2 Å². The van der Waals surface area contributed by atoms with Gasteiger partial charge in [0.15, 0.2) is 6.61 Å². The second-order valence-corrected chi connectivity index (χ2v) is 6.26. The number of aliphatic carboxylic acids is 1. The zero-order chi connectivity index (χ0) is 17.6. The molecule has 0 saturated heterocycles. The SMILES string of the molecule is O=C(COc1ccccc1-c1ccccc1)N[C@@H]1CC[C@H](C(=O)O)C1. The molecule has 25 heavy (non-hydrogen) atoms. The molecule has 0 aromatic heterocycles. The summed E-state index contributed by atoms with van der Waals surface area (Å²) < 4.78 is 5.71. The van der Waals surface area contributed by atoms with Crippen molar-refractivity contribution in [3.8, 4) is 16.9 Å². The molecule has 1 saturated carbocycles. The van der Waals surface area contributed by atoms with Crippen LogP contribution in [-0.2, 0) is 9.59 Å². The molecule has 0 unspecified atom stereocenters. The van der Waals surface area contributed by atoms with Crippen molar-refractivity contribution in [2.24, 2.45) is 5.92 Å². The molecule has 0 aliphatic heterocycles. The van der Waals surface area contributed by atoms with Crippen LogP contribution in [0.15, 0.2) is 54.6 Å². The first kappa shape index (κ1) is 17.0. The molecule has 5 heteroatoms. The first-order valence-electron chi connectivity index (χ1n) is 8.43. The molecule has 0 spiro atoms. The minimum Gasteiger partial charge on any atom is -0.483 e. The summed E-state index contributed by atoms with van der Waals surface area (Å²) in [5.41, 5.74) is 1.96. The van der Waals surface area contributed by atoms with Gasteiger partial charge in [-0.15, -0.1) is 0 Å². The van der Waals surface area contributed by atoms with E-state index < -0.39 is 5.97 Å². The van der Waals surface area contributed by atoms with E-state index in [1.807, 2.05) is 54.6 Å². The number of ether oxygens (including phenoxy) is 1. The summed E-state index contributed by atoms with van der Waals surface area (Å²) in [6.45, 7) is -0.0852. The normalized spacial score (nSPS) is 19.4. The molecule has 1 amide bonds. The summed E-state index contributed by atoms with van der Waals surface area (Å²) in [6, 6.07) is 17.4. The van der Waals surface area contributed by atoms with Gasteiger partial charge in [0, 0.05) is 11.6 Å². The number of carboxylic acids is 1. The maximum absolute atomic E-state index is 12.1. The van der Waals surface area contributed by atoms with Gasteiger partial charge in [-0.2, -0.15) is 0 Å². The number of benzene rings is 2. The van der Waals surface area contributed by atoms with Gasteiger partial charge in [-0.3, -0.25) is 9.59 Å². The molecule has 2 atom stereocenters. The van der Waals surface area contributed by atoms with Crippen molar-refractivity contribution in [1.82, 2.24) is 5.32 Å². The number of hydrogen-bond donors (Lipinski definition) is 2. The Morgan fingerprint density at radius 2 is 1.76 bits per heavy atom. The molecule has 2 N–H and O–H groups in total. The van der Waals surface area contributed by atoms with E-state index in [0.29, 0.717) is 25.0 Å². The van der Waals surface area contributed by atoms with Crippen molar-refractivity contribution in [3.63, 3.8) is 0 Å². The zero-order valence-corrected chi connectivity index (χ0v) is 13.9. The molecule has 0 bridgehead atoms. The summed E-state index contributed by atoms with van der Waals surface area (Å²) in [5.74, 6) is -0.715. The van der Waals surface area contributed by atoms with Crippen LogP contribution >= 0.6 is 0 Å². The monoisotopic (exact) mass is 339 g/mol. The number of hydrogen-bond acceptors (Lipinski definition) is 3. The third kappa shape index (κ3) is 4.38. The summed E-state index contributed by atoms with van der Waals surface area (Å²) >= 11 is 0. The average Bonchev–Trinajstić information content (AvgIpc) is 3.10.